The topological polar surface area (TPSA) is 43.4 Å². The average molecular weight is 344 g/mol. The number of hydrogen-bond acceptors (Lipinski definition) is 3. The van der Waals surface area contributed by atoms with Crippen LogP contribution in [0.4, 0.5) is 0 Å². The quantitative estimate of drug-likeness (QED) is 0.484. The Kier molecular flexibility index (Phi) is 5.59. The molecular formula is C23H20O3. The molecule has 0 saturated carbocycles. The number of carbonyl (C=O) groups is 2. The predicted octanol–water partition coefficient (Wildman–Crippen LogP) is 4.63. The maximum atomic E-state index is 12.0. The molecule has 0 spiro atoms. The molecule has 0 unspecified atom stereocenters. The zero-order valence-corrected chi connectivity index (χ0v) is 14.6. The van der Waals surface area contributed by atoms with Gasteiger partial charge in [-0.2, -0.15) is 0 Å². The number of Topliss-reactive ketones (excluding diaryl/α,β-unsaturated/α-hetero) is 1. The Labute approximate surface area is 153 Å². The molecule has 0 heterocycles. The molecule has 0 atom stereocenters. The van der Waals surface area contributed by atoms with Crippen LogP contribution >= 0.6 is 0 Å². The molecule has 0 N–H and O–H groups in total. The molecule has 0 aliphatic rings. The summed E-state index contributed by atoms with van der Waals surface area (Å²) >= 11 is 0. The molecule has 0 fully saturated rings. The number of hydrogen-bond donors (Lipinski definition) is 0. The van der Waals surface area contributed by atoms with Gasteiger partial charge in [-0.05, 0) is 23.6 Å². The molecule has 0 bridgehead atoms. The number of aryl methyl sites for hydroxylation is 1. The minimum absolute atomic E-state index is 0.149. The molecule has 26 heavy (non-hydrogen) atoms. The SMILES string of the molecule is Cc1ccc(C(=O)COC(=O)Cc2ccc(-c3ccccc3)cc2)cc1. The van der Waals surface area contributed by atoms with Crippen LogP contribution in [0.15, 0.2) is 78.9 Å². The molecule has 0 aliphatic heterocycles. The maximum Gasteiger partial charge on any atom is 0.310 e. The zero-order chi connectivity index (χ0) is 18.4. The third-order valence-corrected chi connectivity index (χ3v) is 4.15. The molecular weight excluding hydrogens is 324 g/mol. The van der Waals surface area contributed by atoms with Gasteiger partial charge >= 0.3 is 5.97 Å². The summed E-state index contributed by atoms with van der Waals surface area (Å²) in [5, 5.41) is 0. The number of carbonyl (C=O) groups excluding carboxylic acids is 2. The molecule has 3 heteroatoms. The number of ketones is 1. The lowest BCUT2D eigenvalue weighted by Crippen LogP contribution is -2.15. The van der Waals surface area contributed by atoms with Gasteiger partial charge in [0.1, 0.15) is 0 Å². The van der Waals surface area contributed by atoms with Crippen molar-refractivity contribution in [3.8, 4) is 11.1 Å². The Hall–Kier alpha value is -3.20. The normalized spacial score (nSPS) is 10.3. The van der Waals surface area contributed by atoms with E-state index < -0.39 is 5.97 Å². The molecule has 3 aromatic carbocycles. The zero-order valence-electron chi connectivity index (χ0n) is 14.6. The van der Waals surface area contributed by atoms with E-state index in [-0.39, 0.29) is 18.8 Å². The molecule has 3 nitrogen and oxygen atoms in total. The van der Waals surface area contributed by atoms with Gasteiger partial charge in [-0.15, -0.1) is 0 Å². The molecule has 0 radical (unpaired) electrons. The van der Waals surface area contributed by atoms with Crippen LogP contribution in [-0.2, 0) is 16.0 Å². The number of ether oxygens (including phenoxy) is 1. The first-order chi connectivity index (χ1) is 12.6. The fraction of sp³-hybridized carbons (Fsp3) is 0.130. The van der Waals surface area contributed by atoms with Gasteiger partial charge in [0.2, 0.25) is 0 Å². The first-order valence-corrected chi connectivity index (χ1v) is 8.52. The van der Waals surface area contributed by atoms with Gasteiger partial charge < -0.3 is 4.74 Å². The van der Waals surface area contributed by atoms with Crippen molar-refractivity contribution in [2.24, 2.45) is 0 Å². The van der Waals surface area contributed by atoms with Crippen molar-refractivity contribution in [3.05, 3.63) is 95.6 Å². The lowest BCUT2D eigenvalue weighted by Gasteiger charge is -2.06. The van der Waals surface area contributed by atoms with E-state index in [4.69, 9.17) is 4.74 Å². The summed E-state index contributed by atoms with van der Waals surface area (Å²) in [5.74, 6) is -0.601. The van der Waals surface area contributed by atoms with Crippen molar-refractivity contribution >= 4 is 11.8 Å². The Balaban J connectivity index is 1.53. The van der Waals surface area contributed by atoms with Gasteiger partial charge in [-0.1, -0.05) is 84.4 Å². The number of rotatable bonds is 6. The van der Waals surface area contributed by atoms with Crippen LogP contribution in [0.2, 0.25) is 0 Å². The third kappa shape index (κ3) is 4.67. The predicted molar refractivity (Wildman–Crippen MR) is 102 cm³/mol. The first-order valence-electron chi connectivity index (χ1n) is 8.52. The monoisotopic (exact) mass is 344 g/mol. The van der Waals surface area contributed by atoms with Crippen LogP contribution in [0, 0.1) is 6.92 Å². The Bertz CT molecular complexity index is 879. The average Bonchev–Trinajstić information content (AvgIpc) is 2.68. The summed E-state index contributed by atoms with van der Waals surface area (Å²) in [6.07, 6.45) is 0.149. The summed E-state index contributed by atoms with van der Waals surface area (Å²) in [6.45, 7) is 1.72. The second kappa shape index (κ2) is 8.26. The highest BCUT2D eigenvalue weighted by atomic mass is 16.5. The molecule has 0 amide bonds. The number of benzene rings is 3. The maximum absolute atomic E-state index is 12.0. The summed E-state index contributed by atoms with van der Waals surface area (Å²) < 4.78 is 5.12. The van der Waals surface area contributed by atoms with E-state index in [1.165, 1.54) is 0 Å². The van der Waals surface area contributed by atoms with Gasteiger partial charge in [-0.25, -0.2) is 0 Å². The van der Waals surface area contributed by atoms with Crippen LogP contribution in [0.1, 0.15) is 21.5 Å². The summed E-state index contributed by atoms with van der Waals surface area (Å²) in [6, 6.07) is 25.0. The second-order valence-electron chi connectivity index (χ2n) is 6.19. The Morgan fingerprint density at radius 1 is 0.769 bits per heavy atom. The summed E-state index contributed by atoms with van der Waals surface area (Å²) in [4.78, 5) is 24.0. The van der Waals surface area contributed by atoms with E-state index in [1.807, 2.05) is 73.7 Å². The highest BCUT2D eigenvalue weighted by Gasteiger charge is 2.10. The van der Waals surface area contributed by atoms with Gasteiger partial charge in [0.15, 0.2) is 12.4 Å². The van der Waals surface area contributed by atoms with Crippen LogP contribution < -0.4 is 0 Å². The largest absolute Gasteiger partial charge is 0.457 e. The van der Waals surface area contributed by atoms with Crippen molar-refractivity contribution < 1.29 is 14.3 Å². The van der Waals surface area contributed by atoms with Crippen molar-refractivity contribution in [2.45, 2.75) is 13.3 Å². The molecule has 130 valence electrons. The van der Waals surface area contributed by atoms with E-state index in [0.29, 0.717) is 5.56 Å². The summed E-state index contributed by atoms with van der Waals surface area (Å²) in [7, 11) is 0. The van der Waals surface area contributed by atoms with Gasteiger partial charge in [0.25, 0.3) is 0 Å². The Morgan fingerprint density at radius 3 is 2.04 bits per heavy atom. The van der Waals surface area contributed by atoms with Crippen molar-refractivity contribution in [3.63, 3.8) is 0 Å². The van der Waals surface area contributed by atoms with Crippen LogP contribution in [-0.4, -0.2) is 18.4 Å². The number of esters is 1. The highest BCUT2D eigenvalue weighted by molar-refractivity contribution is 5.98. The summed E-state index contributed by atoms with van der Waals surface area (Å²) in [5.41, 5.74) is 4.72. The second-order valence-corrected chi connectivity index (χ2v) is 6.19. The van der Waals surface area contributed by atoms with Crippen LogP contribution in [0.5, 0.6) is 0 Å². The van der Waals surface area contributed by atoms with E-state index in [0.717, 1.165) is 22.3 Å². The van der Waals surface area contributed by atoms with Crippen molar-refractivity contribution in [1.82, 2.24) is 0 Å². The van der Waals surface area contributed by atoms with Gasteiger partial charge in [0, 0.05) is 5.56 Å². The molecule has 3 rings (SSSR count). The van der Waals surface area contributed by atoms with Gasteiger partial charge in [0.05, 0.1) is 6.42 Å². The lowest BCUT2D eigenvalue weighted by atomic mass is 10.0. The van der Waals surface area contributed by atoms with E-state index in [2.05, 4.69) is 0 Å². The standard InChI is InChI=1S/C23H20O3/c1-17-7-11-21(12-8-17)22(24)16-26-23(25)15-18-9-13-20(14-10-18)19-5-3-2-4-6-19/h2-14H,15-16H2,1H3. The molecule has 3 aromatic rings. The molecule has 0 aliphatic carbocycles. The third-order valence-electron chi connectivity index (χ3n) is 4.15. The fourth-order valence-corrected chi connectivity index (χ4v) is 2.63. The van der Waals surface area contributed by atoms with E-state index in [1.54, 1.807) is 12.1 Å². The fourth-order valence-electron chi connectivity index (χ4n) is 2.63. The minimum Gasteiger partial charge on any atom is -0.457 e. The molecule has 0 saturated heterocycles. The van der Waals surface area contributed by atoms with E-state index >= 15 is 0 Å². The minimum atomic E-state index is -0.405. The lowest BCUT2D eigenvalue weighted by molar-refractivity contribution is -0.141. The van der Waals surface area contributed by atoms with Gasteiger partial charge in [-0.3, -0.25) is 9.59 Å². The Morgan fingerprint density at radius 2 is 1.38 bits per heavy atom. The van der Waals surface area contributed by atoms with Crippen LogP contribution in [0.3, 0.4) is 0 Å². The first kappa shape index (κ1) is 17.6. The molecule has 0 aromatic heterocycles. The smallest absolute Gasteiger partial charge is 0.310 e. The van der Waals surface area contributed by atoms with Crippen molar-refractivity contribution in [2.75, 3.05) is 6.61 Å². The van der Waals surface area contributed by atoms with Crippen molar-refractivity contribution in [1.29, 1.82) is 0 Å². The van der Waals surface area contributed by atoms with Crippen LogP contribution in [0.25, 0.3) is 11.1 Å². The van der Waals surface area contributed by atoms with E-state index in [9.17, 15) is 9.59 Å². The highest BCUT2D eigenvalue weighted by Crippen LogP contribution is 2.19.